The minimum Gasteiger partial charge on any atom is -0.484 e. The first-order chi connectivity index (χ1) is 13.6. The topological polar surface area (TPSA) is 57.0 Å². The molecule has 1 aromatic heterocycles. The molecule has 1 aliphatic carbocycles. The van der Waals surface area contributed by atoms with Crippen molar-refractivity contribution in [3.63, 3.8) is 0 Å². The number of thioether (sulfide) groups is 1. The van der Waals surface area contributed by atoms with Crippen molar-refractivity contribution in [2.24, 2.45) is 0 Å². The van der Waals surface area contributed by atoms with E-state index in [1.54, 1.807) is 6.07 Å². The van der Waals surface area contributed by atoms with Crippen LogP contribution in [0.1, 0.15) is 35.1 Å². The van der Waals surface area contributed by atoms with Crippen LogP contribution in [0.3, 0.4) is 0 Å². The summed E-state index contributed by atoms with van der Waals surface area (Å²) in [6.45, 7) is 0.286. The van der Waals surface area contributed by atoms with Crippen LogP contribution in [0, 0.1) is 0 Å². The van der Waals surface area contributed by atoms with E-state index >= 15 is 0 Å². The summed E-state index contributed by atoms with van der Waals surface area (Å²) in [6, 6.07) is 15.1. The third kappa shape index (κ3) is 4.59. The van der Waals surface area contributed by atoms with Gasteiger partial charge in [0.25, 0.3) is 0 Å². The molecule has 8 heteroatoms. The predicted octanol–water partition coefficient (Wildman–Crippen LogP) is 5.58. The number of benzene rings is 2. The number of hydrogen-bond donors (Lipinski definition) is 0. The number of aromatic nitrogens is 3. The second kappa shape index (κ2) is 8.68. The zero-order valence-electron chi connectivity index (χ0n) is 14.8. The van der Waals surface area contributed by atoms with Gasteiger partial charge in [0.2, 0.25) is 0 Å². The van der Waals surface area contributed by atoms with E-state index < -0.39 is 0 Å². The molecule has 0 bridgehead atoms. The van der Waals surface area contributed by atoms with Crippen LogP contribution in [0.2, 0.25) is 5.02 Å². The monoisotopic (exact) mass is 477 g/mol. The van der Waals surface area contributed by atoms with Crippen LogP contribution in [0.5, 0.6) is 5.75 Å². The smallest absolute Gasteiger partial charge is 0.192 e. The van der Waals surface area contributed by atoms with Crippen LogP contribution in [0.4, 0.5) is 0 Å². The average molecular weight is 479 g/mol. The summed E-state index contributed by atoms with van der Waals surface area (Å²) in [6.07, 6.45) is 2.18. The SMILES string of the molecule is O=C(CSc1nnc(COc2ccccc2Cl)n1C1CC1)c1ccc(Br)cc1. The summed E-state index contributed by atoms with van der Waals surface area (Å²) in [4.78, 5) is 12.4. The minimum absolute atomic E-state index is 0.0664. The van der Waals surface area contributed by atoms with Gasteiger partial charge in [-0.15, -0.1) is 10.2 Å². The molecule has 1 aliphatic rings. The molecule has 0 spiro atoms. The molecule has 1 saturated carbocycles. The Morgan fingerprint density at radius 1 is 1.18 bits per heavy atom. The molecule has 0 aliphatic heterocycles. The largest absolute Gasteiger partial charge is 0.484 e. The Balaban J connectivity index is 1.44. The molecule has 3 aromatic rings. The summed E-state index contributed by atoms with van der Waals surface area (Å²) < 4.78 is 8.87. The van der Waals surface area contributed by atoms with E-state index in [-0.39, 0.29) is 12.4 Å². The Morgan fingerprint density at radius 2 is 1.93 bits per heavy atom. The van der Waals surface area contributed by atoms with Gasteiger partial charge in [0, 0.05) is 16.1 Å². The lowest BCUT2D eigenvalue weighted by molar-refractivity contribution is 0.102. The number of carbonyl (C=O) groups excluding carboxylic acids is 1. The van der Waals surface area contributed by atoms with Gasteiger partial charge in [-0.05, 0) is 37.1 Å². The van der Waals surface area contributed by atoms with Crippen molar-refractivity contribution >= 4 is 45.1 Å². The summed E-state index contributed by atoms with van der Waals surface area (Å²) >= 11 is 10.9. The van der Waals surface area contributed by atoms with Crippen molar-refractivity contribution in [2.45, 2.75) is 30.6 Å². The molecule has 28 heavy (non-hydrogen) atoms. The number of ketones is 1. The van der Waals surface area contributed by atoms with Gasteiger partial charge in [0.15, 0.2) is 16.8 Å². The molecular weight excluding hydrogens is 462 g/mol. The molecule has 2 aromatic carbocycles. The number of ether oxygens (including phenoxy) is 1. The first-order valence-corrected chi connectivity index (χ1v) is 11.0. The molecule has 0 N–H and O–H groups in total. The van der Waals surface area contributed by atoms with Crippen molar-refractivity contribution in [1.29, 1.82) is 0 Å². The summed E-state index contributed by atoms with van der Waals surface area (Å²) in [7, 11) is 0. The second-order valence-corrected chi connectivity index (χ2v) is 8.70. The molecule has 4 rings (SSSR count). The minimum atomic E-state index is 0.0664. The highest BCUT2D eigenvalue weighted by molar-refractivity contribution is 9.10. The number of Topliss-reactive ketones (excluding diaryl/α,β-unsaturated/α-hetero) is 1. The Morgan fingerprint density at radius 3 is 2.64 bits per heavy atom. The van der Waals surface area contributed by atoms with Crippen LogP contribution >= 0.6 is 39.3 Å². The molecule has 0 saturated heterocycles. The van der Waals surface area contributed by atoms with Crippen LogP contribution in [-0.2, 0) is 6.61 Å². The maximum atomic E-state index is 12.4. The second-order valence-electron chi connectivity index (χ2n) is 6.44. The number of nitrogens with zero attached hydrogens (tertiary/aromatic N) is 3. The van der Waals surface area contributed by atoms with Crippen molar-refractivity contribution in [1.82, 2.24) is 14.8 Å². The highest BCUT2D eigenvalue weighted by atomic mass is 79.9. The Bertz CT molecular complexity index is 989. The first-order valence-electron chi connectivity index (χ1n) is 8.84. The van der Waals surface area contributed by atoms with Gasteiger partial charge in [-0.3, -0.25) is 9.36 Å². The Hall–Kier alpha value is -1.83. The molecule has 0 radical (unpaired) electrons. The lowest BCUT2D eigenvalue weighted by atomic mass is 10.2. The molecule has 1 heterocycles. The summed E-state index contributed by atoms with van der Waals surface area (Å²) in [5.74, 6) is 1.75. The fraction of sp³-hybridized carbons (Fsp3) is 0.250. The number of carbonyl (C=O) groups is 1. The lowest BCUT2D eigenvalue weighted by Crippen LogP contribution is -2.08. The van der Waals surface area contributed by atoms with E-state index in [0.29, 0.717) is 28.1 Å². The molecular formula is C20H17BrClN3O2S. The van der Waals surface area contributed by atoms with Gasteiger partial charge in [0.1, 0.15) is 12.4 Å². The average Bonchev–Trinajstić information content (AvgIpc) is 3.46. The van der Waals surface area contributed by atoms with Gasteiger partial charge in [-0.2, -0.15) is 0 Å². The molecule has 144 valence electrons. The number of halogens is 2. The fourth-order valence-electron chi connectivity index (χ4n) is 2.76. The standard InChI is InChI=1S/C20H17BrClN3O2S/c21-14-7-5-13(6-8-14)17(26)12-28-20-24-23-19(25(20)15-9-10-15)11-27-18-4-2-1-3-16(18)22/h1-8,15H,9-12H2. The normalized spacial score (nSPS) is 13.5. The zero-order chi connectivity index (χ0) is 19.5. The Labute approximate surface area is 180 Å². The zero-order valence-corrected chi connectivity index (χ0v) is 18.0. The number of rotatable bonds is 8. The van der Waals surface area contributed by atoms with Crippen molar-refractivity contribution in [3.8, 4) is 5.75 Å². The third-order valence-corrected chi connectivity index (χ3v) is 6.12. The lowest BCUT2D eigenvalue weighted by Gasteiger charge is -2.10. The number of para-hydroxylation sites is 1. The van der Waals surface area contributed by atoms with Gasteiger partial charge >= 0.3 is 0 Å². The van der Waals surface area contributed by atoms with E-state index in [0.717, 1.165) is 28.3 Å². The first kappa shape index (κ1) is 19.5. The maximum absolute atomic E-state index is 12.4. The molecule has 0 amide bonds. The fourth-order valence-corrected chi connectivity index (χ4v) is 4.13. The van der Waals surface area contributed by atoms with Crippen molar-refractivity contribution in [2.75, 3.05) is 5.75 Å². The predicted molar refractivity (Wildman–Crippen MR) is 113 cm³/mol. The molecule has 5 nitrogen and oxygen atoms in total. The quantitative estimate of drug-likeness (QED) is 0.312. The highest BCUT2D eigenvalue weighted by Crippen LogP contribution is 2.39. The third-order valence-electron chi connectivity index (χ3n) is 4.34. The van der Waals surface area contributed by atoms with E-state index in [9.17, 15) is 4.79 Å². The summed E-state index contributed by atoms with van der Waals surface area (Å²) in [5.41, 5.74) is 0.690. The van der Waals surface area contributed by atoms with Crippen LogP contribution in [0.25, 0.3) is 0 Å². The van der Waals surface area contributed by atoms with Crippen LogP contribution in [-0.4, -0.2) is 26.3 Å². The van der Waals surface area contributed by atoms with Crippen LogP contribution in [0.15, 0.2) is 58.2 Å². The highest BCUT2D eigenvalue weighted by Gasteiger charge is 2.30. The van der Waals surface area contributed by atoms with E-state index in [2.05, 4.69) is 30.7 Å². The van der Waals surface area contributed by atoms with E-state index in [1.165, 1.54) is 11.8 Å². The molecule has 0 unspecified atom stereocenters. The van der Waals surface area contributed by atoms with E-state index in [4.69, 9.17) is 16.3 Å². The van der Waals surface area contributed by atoms with Crippen LogP contribution < -0.4 is 4.74 Å². The van der Waals surface area contributed by atoms with Gasteiger partial charge in [-0.1, -0.05) is 63.6 Å². The molecule has 0 atom stereocenters. The van der Waals surface area contributed by atoms with Crippen molar-refractivity contribution < 1.29 is 9.53 Å². The number of hydrogen-bond acceptors (Lipinski definition) is 5. The molecule has 1 fully saturated rings. The Kier molecular flexibility index (Phi) is 6.04. The maximum Gasteiger partial charge on any atom is 0.192 e. The van der Waals surface area contributed by atoms with Gasteiger partial charge in [0.05, 0.1) is 10.8 Å². The van der Waals surface area contributed by atoms with Gasteiger partial charge in [-0.25, -0.2) is 0 Å². The summed E-state index contributed by atoms with van der Waals surface area (Å²) in [5, 5.41) is 9.91. The van der Waals surface area contributed by atoms with E-state index in [1.807, 2.05) is 42.5 Å². The van der Waals surface area contributed by atoms with Crippen molar-refractivity contribution in [3.05, 3.63) is 69.4 Å². The van der Waals surface area contributed by atoms with Gasteiger partial charge < -0.3 is 4.74 Å².